The van der Waals surface area contributed by atoms with Crippen LogP contribution in [-0.4, -0.2) is 78.3 Å². The number of H-pyrrole nitrogens is 1. The molecule has 1 fully saturated rings. The zero-order valence-corrected chi connectivity index (χ0v) is 15.0. The lowest BCUT2D eigenvalue weighted by atomic mass is 10.1. The number of methoxy groups -OCH3 is 1. The van der Waals surface area contributed by atoms with E-state index in [1.807, 2.05) is 35.4 Å². The molecule has 0 spiro atoms. The molecule has 0 atom stereocenters. The summed E-state index contributed by atoms with van der Waals surface area (Å²) >= 11 is 0. The van der Waals surface area contributed by atoms with Crippen LogP contribution in [0, 0.1) is 0 Å². The van der Waals surface area contributed by atoms with Crippen LogP contribution < -0.4 is 4.74 Å². The van der Waals surface area contributed by atoms with Crippen molar-refractivity contribution in [3.63, 3.8) is 0 Å². The third-order valence-corrected chi connectivity index (χ3v) is 4.52. The molecule has 0 saturated carbocycles. The number of hydrogen-bond donors (Lipinski definition) is 1. The van der Waals surface area contributed by atoms with E-state index in [-0.39, 0.29) is 6.03 Å². The summed E-state index contributed by atoms with van der Waals surface area (Å²) in [5.41, 5.74) is 3.29. The molecule has 2 amide bonds. The van der Waals surface area contributed by atoms with E-state index < -0.39 is 0 Å². The van der Waals surface area contributed by atoms with Gasteiger partial charge in [0.15, 0.2) is 0 Å². The van der Waals surface area contributed by atoms with Crippen LogP contribution in [-0.2, 0) is 6.54 Å². The molecular weight excluding hydrogens is 318 g/mol. The smallest absolute Gasteiger partial charge is 0.319 e. The van der Waals surface area contributed by atoms with Crippen LogP contribution >= 0.6 is 0 Å². The number of urea groups is 1. The van der Waals surface area contributed by atoms with Crippen LogP contribution in [0.25, 0.3) is 11.3 Å². The Morgan fingerprint density at radius 1 is 1.20 bits per heavy atom. The number of aromatic amines is 1. The second kappa shape index (κ2) is 7.57. The Kier molecular flexibility index (Phi) is 5.23. The molecule has 1 N–H and O–H groups in total. The fourth-order valence-electron chi connectivity index (χ4n) is 3.06. The maximum atomic E-state index is 12.0. The molecule has 1 saturated heterocycles. The minimum absolute atomic E-state index is 0.0851. The summed E-state index contributed by atoms with van der Waals surface area (Å²) in [6.07, 6.45) is 1.89. The van der Waals surface area contributed by atoms with Crippen molar-refractivity contribution in [3.05, 3.63) is 36.0 Å². The molecule has 0 unspecified atom stereocenters. The zero-order valence-electron chi connectivity index (χ0n) is 15.0. The van der Waals surface area contributed by atoms with Gasteiger partial charge >= 0.3 is 6.03 Å². The van der Waals surface area contributed by atoms with Gasteiger partial charge in [-0.3, -0.25) is 10.00 Å². The molecule has 0 aliphatic carbocycles. The zero-order chi connectivity index (χ0) is 17.8. The van der Waals surface area contributed by atoms with E-state index in [1.165, 1.54) is 0 Å². The Bertz CT molecular complexity index is 703. The molecule has 134 valence electrons. The molecule has 3 rings (SSSR count). The third kappa shape index (κ3) is 3.93. The third-order valence-electron chi connectivity index (χ3n) is 4.52. The van der Waals surface area contributed by atoms with E-state index in [2.05, 4.69) is 15.1 Å². The first-order valence-electron chi connectivity index (χ1n) is 8.43. The van der Waals surface area contributed by atoms with Crippen molar-refractivity contribution in [1.82, 2.24) is 24.9 Å². The van der Waals surface area contributed by atoms with Gasteiger partial charge in [-0.25, -0.2) is 4.79 Å². The summed E-state index contributed by atoms with van der Waals surface area (Å²) in [5.74, 6) is 0.839. The second-order valence-corrected chi connectivity index (χ2v) is 6.44. The van der Waals surface area contributed by atoms with Crippen molar-refractivity contribution in [3.8, 4) is 17.0 Å². The van der Waals surface area contributed by atoms with Crippen molar-refractivity contribution < 1.29 is 9.53 Å². The van der Waals surface area contributed by atoms with E-state index in [0.29, 0.717) is 0 Å². The minimum Gasteiger partial charge on any atom is -0.497 e. The minimum atomic E-state index is 0.0851. The number of piperazine rings is 1. The molecule has 2 aromatic rings. The number of rotatable bonds is 4. The number of aromatic nitrogens is 2. The lowest BCUT2D eigenvalue weighted by Crippen LogP contribution is -2.51. The standard InChI is InChI=1S/C18H25N5O2/c1-21(2)18(24)23-10-8-22(9-11-23)13-15-12-19-20-17(15)14-4-6-16(25-3)7-5-14/h4-7,12H,8-11,13H2,1-3H3,(H,19,20). The van der Waals surface area contributed by atoms with Crippen molar-refractivity contribution in [2.75, 3.05) is 47.4 Å². The van der Waals surface area contributed by atoms with Gasteiger partial charge in [-0.1, -0.05) is 0 Å². The van der Waals surface area contributed by atoms with Crippen molar-refractivity contribution in [2.45, 2.75) is 6.54 Å². The molecule has 2 heterocycles. The number of hydrogen-bond acceptors (Lipinski definition) is 4. The Balaban J connectivity index is 1.63. The number of carbonyl (C=O) groups excluding carboxylic acids is 1. The lowest BCUT2D eigenvalue weighted by Gasteiger charge is -2.35. The van der Waals surface area contributed by atoms with Crippen LogP contribution in [0.4, 0.5) is 4.79 Å². The average molecular weight is 343 g/mol. The predicted molar refractivity (Wildman–Crippen MR) is 96.5 cm³/mol. The number of benzene rings is 1. The first kappa shape index (κ1) is 17.3. The van der Waals surface area contributed by atoms with Gasteiger partial charge in [0.2, 0.25) is 0 Å². The van der Waals surface area contributed by atoms with Crippen LogP contribution in [0.15, 0.2) is 30.5 Å². The summed E-state index contributed by atoms with van der Waals surface area (Å²) < 4.78 is 5.21. The Hall–Kier alpha value is -2.54. The first-order chi connectivity index (χ1) is 12.1. The summed E-state index contributed by atoms with van der Waals surface area (Å²) in [4.78, 5) is 17.9. The van der Waals surface area contributed by atoms with Gasteiger partial charge in [-0.15, -0.1) is 0 Å². The summed E-state index contributed by atoms with van der Waals surface area (Å²) in [5, 5.41) is 7.32. The first-order valence-corrected chi connectivity index (χ1v) is 8.43. The highest BCUT2D eigenvalue weighted by molar-refractivity contribution is 5.73. The molecule has 1 aromatic carbocycles. The molecule has 1 aliphatic rings. The van der Waals surface area contributed by atoms with Crippen molar-refractivity contribution >= 4 is 6.03 Å². The van der Waals surface area contributed by atoms with E-state index in [4.69, 9.17) is 4.74 Å². The normalized spacial score (nSPS) is 15.2. The van der Waals surface area contributed by atoms with Gasteiger partial charge in [-0.05, 0) is 24.3 Å². The number of ether oxygens (including phenoxy) is 1. The van der Waals surface area contributed by atoms with Gasteiger partial charge in [0.25, 0.3) is 0 Å². The van der Waals surface area contributed by atoms with E-state index >= 15 is 0 Å². The Morgan fingerprint density at radius 3 is 2.48 bits per heavy atom. The number of amides is 2. The monoisotopic (exact) mass is 343 g/mol. The molecule has 25 heavy (non-hydrogen) atoms. The fourth-order valence-corrected chi connectivity index (χ4v) is 3.06. The number of nitrogens with one attached hydrogen (secondary N) is 1. The largest absolute Gasteiger partial charge is 0.497 e. The van der Waals surface area contributed by atoms with Gasteiger partial charge in [0, 0.05) is 57.9 Å². The maximum Gasteiger partial charge on any atom is 0.319 e. The fraction of sp³-hybridized carbons (Fsp3) is 0.444. The molecule has 7 nitrogen and oxygen atoms in total. The SMILES string of the molecule is COc1ccc(-c2[nH]ncc2CN2CCN(C(=O)N(C)C)CC2)cc1. The van der Waals surface area contributed by atoms with Crippen molar-refractivity contribution in [1.29, 1.82) is 0 Å². The molecule has 0 bridgehead atoms. The van der Waals surface area contributed by atoms with E-state index in [0.717, 1.165) is 55.3 Å². The summed E-state index contributed by atoms with van der Waals surface area (Å²) in [7, 11) is 5.25. The van der Waals surface area contributed by atoms with E-state index in [1.54, 1.807) is 26.1 Å². The molecule has 0 radical (unpaired) electrons. The van der Waals surface area contributed by atoms with Crippen LogP contribution in [0.5, 0.6) is 5.75 Å². The molecular formula is C18H25N5O2. The highest BCUT2D eigenvalue weighted by Gasteiger charge is 2.23. The topological polar surface area (TPSA) is 64.7 Å². The highest BCUT2D eigenvalue weighted by atomic mass is 16.5. The van der Waals surface area contributed by atoms with Crippen LogP contribution in [0.1, 0.15) is 5.56 Å². The highest BCUT2D eigenvalue weighted by Crippen LogP contribution is 2.25. The van der Waals surface area contributed by atoms with Gasteiger partial charge in [0.05, 0.1) is 19.0 Å². The molecule has 7 heteroatoms. The maximum absolute atomic E-state index is 12.0. The van der Waals surface area contributed by atoms with Crippen LogP contribution in [0.3, 0.4) is 0 Å². The van der Waals surface area contributed by atoms with Crippen LogP contribution in [0.2, 0.25) is 0 Å². The molecule has 1 aliphatic heterocycles. The second-order valence-electron chi connectivity index (χ2n) is 6.44. The summed E-state index contributed by atoms with van der Waals surface area (Å²) in [6.45, 7) is 4.07. The van der Waals surface area contributed by atoms with Gasteiger partial charge in [0.1, 0.15) is 5.75 Å². The Labute approximate surface area is 148 Å². The number of nitrogens with zero attached hydrogens (tertiary/aromatic N) is 4. The van der Waals surface area contributed by atoms with Gasteiger partial charge in [-0.2, -0.15) is 5.10 Å². The molecule has 1 aromatic heterocycles. The van der Waals surface area contributed by atoms with E-state index in [9.17, 15) is 4.79 Å². The number of carbonyl (C=O) groups is 1. The Morgan fingerprint density at radius 2 is 1.88 bits per heavy atom. The summed E-state index contributed by atoms with van der Waals surface area (Å²) in [6, 6.07) is 8.05. The lowest BCUT2D eigenvalue weighted by molar-refractivity contribution is 0.120. The van der Waals surface area contributed by atoms with Gasteiger partial charge < -0.3 is 14.5 Å². The van der Waals surface area contributed by atoms with Crippen molar-refractivity contribution in [2.24, 2.45) is 0 Å². The quantitative estimate of drug-likeness (QED) is 0.921. The average Bonchev–Trinajstić information content (AvgIpc) is 3.10. The predicted octanol–water partition coefficient (Wildman–Crippen LogP) is 1.88.